The Labute approximate surface area is 121 Å². The zero-order valence-corrected chi connectivity index (χ0v) is 12.4. The normalized spacial score (nSPS) is 13.7. The smallest absolute Gasteiger partial charge is 0.220 e. The van der Waals surface area contributed by atoms with E-state index in [4.69, 9.17) is 4.74 Å². The average molecular weight is 275 g/mol. The minimum atomic E-state index is 0.130. The Hall–Kier alpha value is -1.51. The van der Waals surface area contributed by atoms with Crippen LogP contribution < -0.4 is 10.1 Å². The van der Waals surface area contributed by atoms with Gasteiger partial charge in [-0.05, 0) is 49.3 Å². The quantitative estimate of drug-likeness (QED) is 0.776. The first kappa shape index (κ1) is 14.9. The van der Waals surface area contributed by atoms with Crippen molar-refractivity contribution in [1.82, 2.24) is 5.32 Å². The number of carbonyl (C=O) groups is 1. The van der Waals surface area contributed by atoms with Gasteiger partial charge < -0.3 is 10.1 Å². The number of nitrogens with one attached hydrogen (secondary N) is 1. The van der Waals surface area contributed by atoms with E-state index in [0.29, 0.717) is 19.6 Å². The van der Waals surface area contributed by atoms with Gasteiger partial charge in [0, 0.05) is 6.42 Å². The van der Waals surface area contributed by atoms with Crippen LogP contribution in [0.4, 0.5) is 0 Å². The Morgan fingerprint density at radius 2 is 2.15 bits per heavy atom. The highest BCUT2D eigenvalue weighted by Crippen LogP contribution is 2.29. The fourth-order valence-electron chi connectivity index (χ4n) is 2.66. The van der Waals surface area contributed by atoms with Crippen molar-refractivity contribution in [3.63, 3.8) is 0 Å². The van der Waals surface area contributed by atoms with E-state index in [1.54, 1.807) is 0 Å². The third-order valence-corrected chi connectivity index (χ3v) is 3.79. The van der Waals surface area contributed by atoms with E-state index in [2.05, 4.69) is 24.4 Å². The van der Waals surface area contributed by atoms with Crippen molar-refractivity contribution in [2.24, 2.45) is 0 Å². The van der Waals surface area contributed by atoms with E-state index in [9.17, 15) is 4.79 Å². The van der Waals surface area contributed by atoms with Crippen LogP contribution in [0.15, 0.2) is 18.2 Å². The molecule has 0 atom stereocenters. The van der Waals surface area contributed by atoms with Crippen molar-refractivity contribution in [1.29, 1.82) is 0 Å². The Morgan fingerprint density at radius 1 is 1.30 bits per heavy atom. The molecule has 20 heavy (non-hydrogen) atoms. The molecular formula is C17H25NO2. The van der Waals surface area contributed by atoms with Gasteiger partial charge in [-0.2, -0.15) is 0 Å². The number of carbonyl (C=O) groups excluding carboxylic acids is 1. The van der Waals surface area contributed by atoms with E-state index >= 15 is 0 Å². The van der Waals surface area contributed by atoms with Crippen LogP contribution >= 0.6 is 0 Å². The number of aryl methyl sites for hydroxylation is 1. The first-order valence-electron chi connectivity index (χ1n) is 7.81. The first-order valence-corrected chi connectivity index (χ1v) is 7.81. The first-order chi connectivity index (χ1) is 9.81. The molecule has 0 bridgehead atoms. The number of benzene rings is 1. The number of rotatable bonds is 7. The summed E-state index contributed by atoms with van der Waals surface area (Å²) in [6, 6.07) is 6.32. The average Bonchev–Trinajstić information content (AvgIpc) is 2.49. The molecule has 110 valence electrons. The number of ether oxygens (including phenoxy) is 1. The molecule has 0 fully saturated rings. The van der Waals surface area contributed by atoms with Crippen molar-refractivity contribution in [2.45, 2.75) is 51.9 Å². The lowest BCUT2D eigenvalue weighted by molar-refractivity contribution is -0.121. The van der Waals surface area contributed by atoms with E-state index in [-0.39, 0.29) is 5.91 Å². The van der Waals surface area contributed by atoms with Gasteiger partial charge in [0.25, 0.3) is 0 Å². The maximum absolute atomic E-state index is 11.5. The molecule has 2 rings (SSSR count). The summed E-state index contributed by atoms with van der Waals surface area (Å²) >= 11 is 0. The third kappa shape index (κ3) is 4.26. The van der Waals surface area contributed by atoms with E-state index in [1.165, 1.54) is 30.4 Å². The molecule has 1 aromatic rings. The Balaban J connectivity index is 1.76. The zero-order valence-electron chi connectivity index (χ0n) is 12.4. The second-order valence-corrected chi connectivity index (χ2v) is 5.40. The van der Waals surface area contributed by atoms with E-state index in [1.807, 2.05) is 6.07 Å². The molecule has 1 N–H and O–H groups in total. The molecule has 1 aliphatic rings. The summed E-state index contributed by atoms with van der Waals surface area (Å²) in [7, 11) is 0. The molecule has 0 spiro atoms. The topological polar surface area (TPSA) is 38.3 Å². The molecule has 0 saturated carbocycles. The second kappa shape index (κ2) is 7.93. The summed E-state index contributed by atoms with van der Waals surface area (Å²) < 4.78 is 5.84. The second-order valence-electron chi connectivity index (χ2n) is 5.40. The highest BCUT2D eigenvalue weighted by molar-refractivity contribution is 5.75. The molecule has 0 saturated heterocycles. The maximum atomic E-state index is 11.5. The number of amides is 1. The summed E-state index contributed by atoms with van der Waals surface area (Å²) in [4.78, 5) is 11.5. The van der Waals surface area contributed by atoms with Gasteiger partial charge in [0.15, 0.2) is 0 Å². The van der Waals surface area contributed by atoms with Gasteiger partial charge in [-0.25, -0.2) is 0 Å². The number of unbranched alkanes of at least 4 members (excludes halogenated alkanes) is 1. The minimum Gasteiger partial charge on any atom is -0.491 e. The molecule has 0 heterocycles. The van der Waals surface area contributed by atoms with Crippen LogP contribution in [0.5, 0.6) is 5.75 Å². The fourth-order valence-corrected chi connectivity index (χ4v) is 2.66. The molecule has 0 unspecified atom stereocenters. The highest BCUT2D eigenvalue weighted by Gasteiger charge is 2.13. The molecule has 1 amide bonds. The van der Waals surface area contributed by atoms with Gasteiger partial charge in [0.05, 0.1) is 6.54 Å². The Bertz CT molecular complexity index is 443. The molecule has 1 aromatic carbocycles. The van der Waals surface area contributed by atoms with Crippen LogP contribution in [-0.4, -0.2) is 19.1 Å². The minimum absolute atomic E-state index is 0.130. The van der Waals surface area contributed by atoms with Crippen LogP contribution in [0, 0.1) is 0 Å². The lowest BCUT2D eigenvalue weighted by atomic mass is 9.91. The van der Waals surface area contributed by atoms with Gasteiger partial charge in [-0.3, -0.25) is 4.79 Å². The third-order valence-electron chi connectivity index (χ3n) is 3.79. The van der Waals surface area contributed by atoms with Crippen LogP contribution in [0.2, 0.25) is 0 Å². The van der Waals surface area contributed by atoms with Crippen LogP contribution in [0.1, 0.15) is 50.2 Å². The lowest BCUT2D eigenvalue weighted by Gasteiger charge is -2.19. The molecule has 0 radical (unpaired) electrons. The van der Waals surface area contributed by atoms with Crippen molar-refractivity contribution < 1.29 is 9.53 Å². The predicted molar refractivity (Wildman–Crippen MR) is 81.1 cm³/mol. The van der Waals surface area contributed by atoms with Crippen molar-refractivity contribution in [3.05, 3.63) is 29.3 Å². The van der Waals surface area contributed by atoms with Crippen molar-refractivity contribution >= 4 is 5.91 Å². The van der Waals surface area contributed by atoms with Crippen molar-refractivity contribution in [3.8, 4) is 5.75 Å². The zero-order chi connectivity index (χ0) is 14.2. The molecule has 3 heteroatoms. The predicted octanol–water partition coefficient (Wildman–Crippen LogP) is 3.25. The summed E-state index contributed by atoms with van der Waals surface area (Å²) in [5.74, 6) is 1.13. The monoisotopic (exact) mass is 275 g/mol. The summed E-state index contributed by atoms with van der Waals surface area (Å²) in [6.45, 7) is 3.23. The van der Waals surface area contributed by atoms with Crippen LogP contribution in [0.3, 0.4) is 0 Å². The van der Waals surface area contributed by atoms with Gasteiger partial charge in [-0.15, -0.1) is 0 Å². The van der Waals surface area contributed by atoms with E-state index < -0.39 is 0 Å². The molecular weight excluding hydrogens is 250 g/mol. The molecule has 0 aliphatic heterocycles. The summed E-state index contributed by atoms with van der Waals surface area (Å²) in [5.41, 5.74) is 2.80. The van der Waals surface area contributed by atoms with Gasteiger partial charge >= 0.3 is 0 Å². The fraction of sp³-hybridized carbons (Fsp3) is 0.588. The van der Waals surface area contributed by atoms with Crippen LogP contribution in [0.25, 0.3) is 0 Å². The molecule has 1 aliphatic carbocycles. The van der Waals surface area contributed by atoms with Crippen LogP contribution in [-0.2, 0) is 17.6 Å². The largest absolute Gasteiger partial charge is 0.491 e. The van der Waals surface area contributed by atoms with Gasteiger partial charge in [0.1, 0.15) is 12.4 Å². The van der Waals surface area contributed by atoms with Gasteiger partial charge in [-0.1, -0.05) is 25.5 Å². The standard InChI is InChI=1S/C17H25NO2/c1-2-3-11-17(19)18-12-13-20-16-10-6-8-14-7-4-5-9-15(14)16/h6,8,10H,2-5,7,9,11-13H2,1H3,(H,18,19). The van der Waals surface area contributed by atoms with E-state index in [0.717, 1.165) is 25.0 Å². The highest BCUT2D eigenvalue weighted by atomic mass is 16.5. The Kier molecular flexibility index (Phi) is 5.90. The Morgan fingerprint density at radius 3 is 3.00 bits per heavy atom. The number of hydrogen-bond acceptors (Lipinski definition) is 2. The summed E-state index contributed by atoms with van der Waals surface area (Å²) in [5, 5.41) is 2.90. The van der Waals surface area contributed by atoms with Crippen molar-refractivity contribution in [2.75, 3.05) is 13.2 Å². The number of hydrogen-bond donors (Lipinski definition) is 1. The molecule has 0 aromatic heterocycles. The lowest BCUT2D eigenvalue weighted by Crippen LogP contribution is -2.27. The SMILES string of the molecule is CCCCC(=O)NCCOc1cccc2c1CCCC2. The molecule has 3 nitrogen and oxygen atoms in total. The van der Waals surface area contributed by atoms with Gasteiger partial charge in [0.2, 0.25) is 5.91 Å². The number of fused-ring (bicyclic) bond motifs is 1. The summed E-state index contributed by atoms with van der Waals surface area (Å²) in [6.07, 6.45) is 7.45. The maximum Gasteiger partial charge on any atom is 0.220 e.